The Morgan fingerprint density at radius 2 is 2.04 bits per heavy atom. The van der Waals surface area contributed by atoms with Gasteiger partial charge in [0, 0.05) is 23.8 Å². The SMILES string of the molecule is CCN(C(=O)CNc1cccc(-c2nnnn2C2CC2)c1)C1CCCCC1. The molecule has 2 aliphatic rings. The largest absolute Gasteiger partial charge is 0.376 e. The first-order valence-electron chi connectivity index (χ1n) is 10.2. The van der Waals surface area contributed by atoms with Crippen LogP contribution in [0, 0.1) is 0 Å². The lowest BCUT2D eigenvalue weighted by Crippen LogP contribution is -2.43. The van der Waals surface area contributed by atoms with Crippen LogP contribution in [0.4, 0.5) is 5.69 Å². The van der Waals surface area contributed by atoms with Crippen LogP contribution in [-0.4, -0.2) is 50.1 Å². The molecule has 2 fully saturated rings. The second-order valence-corrected chi connectivity index (χ2v) is 7.58. The van der Waals surface area contributed by atoms with Crippen molar-refractivity contribution < 1.29 is 4.79 Å². The molecular weight excluding hydrogens is 340 g/mol. The molecule has 1 aromatic carbocycles. The summed E-state index contributed by atoms with van der Waals surface area (Å²) in [6.45, 7) is 3.17. The molecule has 0 bridgehead atoms. The normalized spacial score (nSPS) is 17.7. The van der Waals surface area contributed by atoms with E-state index in [2.05, 4.69) is 27.8 Å². The number of nitrogens with zero attached hydrogens (tertiary/aromatic N) is 5. The molecule has 2 aromatic rings. The maximum absolute atomic E-state index is 12.7. The number of rotatable bonds is 7. The Kier molecular flexibility index (Phi) is 5.36. The highest BCUT2D eigenvalue weighted by molar-refractivity contribution is 5.81. The van der Waals surface area contributed by atoms with E-state index in [1.165, 1.54) is 19.3 Å². The van der Waals surface area contributed by atoms with Crippen LogP contribution in [0.15, 0.2) is 24.3 Å². The van der Waals surface area contributed by atoms with Crippen LogP contribution in [0.1, 0.15) is 57.9 Å². The van der Waals surface area contributed by atoms with E-state index in [1.54, 1.807) is 0 Å². The monoisotopic (exact) mass is 368 g/mol. The van der Waals surface area contributed by atoms with E-state index in [-0.39, 0.29) is 5.91 Å². The van der Waals surface area contributed by atoms with Crippen LogP contribution < -0.4 is 5.32 Å². The molecule has 4 rings (SSSR count). The Labute approximate surface area is 160 Å². The van der Waals surface area contributed by atoms with Crippen molar-refractivity contribution >= 4 is 11.6 Å². The fraction of sp³-hybridized carbons (Fsp3) is 0.600. The van der Waals surface area contributed by atoms with Crippen LogP contribution in [0.25, 0.3) is 11.4 Å². The Morgan fingerprint density at radius 3 is 2.78 bits per heavy atom. The zero-order valence-electron chi connectivity index (χ0n) is 16.0. The summed E-state index contributed by atoms with van der Waals surface area (Å²) in [5.41, 5.74) is 1.90. The fourth-order valence-corrected chi connectivity index (χ4v) is 4.03. The Morgan fingerprint density at radius 1 is 1.22 bits per heavy atom. The minimum Gasteiger partial charge on any atom is -0.376 e. The lowest BCUT2D eigenvalue weighted by molar-refractivity contribution is -0.132. The standard InChI is InChI=1S/C20H28N6O/c1-2-25(17-9-4-3-5-10-17)19(27)14-21-16-8-6-7-15(13-16)20-22-23-24-26(20)18-11-12-18/h6-8,13,17-18,21H,2-5,9-12,14H2,1H3. The molecule has 1 N–H and O–H groups in total. The zero-order valence-corrected chi connectivity index (χ0v) is 16.0. The maximum atomic E-state index is 12.7. The highest BCUT2D eigenvalue weighted by atomic mass is 16.2. The molecule has 144 valence electrons. The van der Waals surface area contributed by atoms with Crippen LogP contribution in [-0.2, 0) is 4.79 Å². The molecule has 1 heterocycles. The molecule has 1 amide bonds. The van der Waals surface area contributed by atoms with Gasteiger partial charge in [0.05, 0.1) is 12.6 Å². The number of anilines is 1. The molecular formula is C20H28N6O. The van der Waals surface area contributed by atoms with Crippen LogP contribution in [0.5, 0.6) is 0 Å². The Bertz CT molecular complexity index is 778. The highest BCUT2D eigenvalue weighted by Gasteiger charge is 2.28. The average Bonchev–Trinajstić information content (AvgIpc) is 3.44. The fourth-order valence-electron chi connectivity index (χ4n) is 4.03. The zero-order chi connectivity index (χ0) is 18.6. The molecule has 0 aliphatic heterocycles. The van der Waals surface area contributed by atoms with E-state index in [4.69, 9.17) is 0 Å². The van der Waals surface area contributed by atoms with Crippen molar-refractivity contribution in [3.05, 3.63) is 24.3 Å². The van der Waals surface area contributed by atoms with Gasteiger partial charge in [0.2, 0.25) is 5.91 Å². The number of carbonyl (C=O) groups is 1. The summed E-state index contributed by atoms with van der Waals surface area (Å²) in [6, 6.07) is 8.84. The van der Waals surface area contributed by atoms with Crippen molar-refractivity contribution in [2.45, 2.75) is 64.0 Å². The number of tetrazole rings is 1. The molecule has 2 aliphatic carbocycles. The predicted octanol–water partition coefficient (Wildman–Crippen LogP) is 3.27. The molecule has 7 heteroatoms. The highest BCUT2D eigenvalue weighted by Crippen LogP contribution is 2.36. The van der Waals surface area contributed by atoms with Gasteiger partial charge in [-0.3, -0.25) is 4.79 Å². The van der Waals surface area contributed by atoms with Crippen molar-refractivity contribution in [1.82, 2.24) is 25.1 Å². The summed E-state index contributed by atoms with van der Waals surface area (Å²) in [4.78, 5) is 14.8. The van der Waals surface area contributed by atoms with E-state index in [9.17, 15) is 4.79 Å². The van der Waals surface area contributed by atoms with Gasteiger partial charge in [-0.05, 0) is 55.2 Å². The minimum atomic E-state index is 0.178. The first-order valence-corrected chi connectivity index (χ1v) is 10.2. The number of aromatic nitrogens is 4. The van der Waals surface area contributed by atoms with Crippen LogP contribution >= 0.6 is 0 Å². The third-order valence-electron chi connectivity index (χ3n) is 5.63. The topological polar surface area (TPSA) is 75.9 Å². The van der Waals surface area contributed by atoms with Crippen LogP contribution in [0.3, 0.4) is 0 Å². The molecule has 7 nitrogen and oxygen atoms in total. The summed E-state index contributed by atoms with van der Waals surface area (Å²) in [5.74, 6) is 0.975. The summed E-state index contributed by atoms with van der Waals surface area (Å²) in [5, 5.41) is 15.4. The summed E-state index contributed by atoms with van der Waals surface area (Å²) in [7, 11) is 0. The molecule has 0 saturated heterocycles. The number of nitrogens with one attached hydrogen (secondary N) is 1. The number of hydrogen-bond donors (Lipinski definition) is 1. The van der Waals surface area contributed by atoms with Crippen molar-refractivity contribution in [3.8, 4) is 11.4 Å². The van der Waals surface area contributed by atoms with Crippen molar-refractivity contribution in [2.24, 2.45) is 0 Å². The van der Waals surface area contributed by atoms with Gasteiger partial charge in [0.15, 0.2) is 5.82 Å². The van der Waals surface area contributed by atoms with E-state index >= 15 is 0 Å². The Hall–Kier alpha value is -2.44. The molecule has 0 radical (unpaired) electrons. The number of benzene rings is 1. The third kappa shape index (κ3) is 4.12. The first-order chi connectivity index (χ1) is 13.3. The van der Waals surface area contributed by atoms with Gasteiger partial charge < -0.3 is 10.2 Å². The molecule has 1 aromatic heterocycles. The molecule has 0 spiro atoms. The first kappa shape index (κ1) is 17.9. The summed E-state index contributed by atoms with van der Waals surface area (Å²) in [6.07, 6.45) is 8.32. The average molecular weight is 368 g/mol. The van der Waals surface area contributed by atoms with Gasteiger partial charge in [-0.15, -0.1) is 5.10 Å². The Balaban J connectivity index is 1.40. The second kappa shape index (κ2) is 8.06. The number of hydrogen-bond acceptors (Lipinski definition) is 5. The molecule has 0 unspecified atom stereocenters. The van der Waals surface area contributed by atoms with Gasteiger partial charge in [-0.1, -0.05) is 31.4 Å². The van der Waals surface area contributed by atoms with E-state index in [0.717, 1.165) is 49.3 Å². The van der Waals surface area contributed by atoms with Gasteiger partial charge in [-0.25, -0.2) is 4.68 Å². The van der Waals surface area contributed by atoms with Crippen molar-refractivity contribution in [1.29, 1.82) is 0 Å². The van der Waals surface area contributed by atoms with E-state index in [1.807, 2.05) is 33.8 Å². The van der Waals surface area contributed by atoms with Crippen molar-refractivity contribution in [3.63, 3.8) is 0 Å². The smallest absolute Gasteiger partial charge is 0.242 e. The van der Waals surface area contributed by atoms with E-state index in [0.29, 0.717) is 18.6 Å². The number of likely N-dealkylation sites (N-methyl/N-ethyl adjacent to an activating group) is 1. The van der Waals surface area contributed by atoms with E-state index < -0.39 is 0 Å². The summed E-state index contributed by atoms with van der Waals surface area (Å²) < 4.78 is 1.91. The van der Waals surface area contributed by atoms with Gasteiger partial charge in [0.25, 0.3) is 0 Å². The molecule has 2 saturated carbocycles. The molecule has 0 atom stereocenters. The number of amides is 1. The predicted molar refractivity (Wildman–Crippen MR) is 104 cm³/mol. The van der Waals surface area contributed by atoms with Gasteiger partial charge >= 0.3 is 0 Å². The maximum Gasteiger partial charge on any atom is 0.242 e. The van der Waals surface area contributed by atoms with Gasteiger partial charge in [-0.2, -0.15) is 0 Å². The van der Waals surface area contributed by atoms with Crippen LogP contribution in [0.2, 0.25) is 0 Å². The minimum absolute atomic E-state index is 0.178. The lowest BCUT2D eigenvalue weighted by Gasteiger charge is -2.33. The van der Waals surface area contributed by atoms with Gasteiger partial charge in [0.1, 0.15) is 0 Å². The van der Waals surface area contributed by atoms with Crippen molar-refractivity contribution in [2.75, 3.05) is 18.4 Å². The summed E-state index contributed by atoms with van der Waals surface area (Å²) >= 11 is 0. The second-order valence-electron chi connectivity index (χ2n) is 7.58. The number of carbonyl (C=O) groups excluding carboxylic acids is 1. The molecule has 27 heavy (non-hydrogen) atoms. The quantitative estimate of drug-likeness (QED) is 0.812. The lowest BCUT2D eigenvalue weighted by atomic mass is 9.94. The third-order valence-corrected chi connectivity index (χ3v) is 5.63.